The smallest absolute Gasteiger partial charge is 0.117 e. The summed E-state index contributed by atoms with van der Waals surface area (Å²) in [6.07, 6.45) is 6.38. The van der Waals surface area contributed by atoms with Gasteiger partial charge in [0.05, 0.1) is 6.10 Å². The molecule has 21 heavy (non-hydrogen) atoms. The van der Waals surface area contributed by atoms with Crippen LogP contribution in [0.15, 0.2) is 12.1 Å². The van der Waals surface area contributed by atoms with Crippen LogP contribution in [0.3, 0.4) is 0 Å². The lowest BCUT2D eigenvalue weighted by Crippen LogP contribution is -2.44. The minimum atomic E-state index is -0.125. The van der Waals surface area contributed by atoms with Gasteiger partial charge in [-0.1, -0.05) is 18.5 Å². The Labute approximate surface area is 131 Å². The van der Waals surface area contributed by atoms with Gasteiger partial charge in [-0.15, -0.1) is 0 Å². The number of rotatable bonds is 0. The number of benzene rings is 1. The number of phenolic OH excluding ortho intramolecular Hbond substituents is 1. The molecule has 2 saturated carbocycles. The molecule has 2 fully saturated rings. The maximum absolute atomic E-state index is 10.4. The first-order valence-corrected chi connectivity index (χ1v) is 8.58. The average molecular weight is 307 g/mol. The first-order valence-electron chi connectivity index (χ1n) is 8.20. The molecule has 0 aromatic heterocycles. The predicted molar refractivity (Wildman–Crippen MR) is 83.7 cm³/mol. The molecule has 4 rings (SSSR count). The normalized spacial score (nSPS) is 41.3. The average Bonchev–Trinajstić information content (AvgIpc) is 2.74. The van der Waals surface area contributed by atoms with Crippen LogP contribution in [0.2, 0.25) is 5.02 Å². The third kappa shape index (κ3) is 1.88. The van der Waals surface area contributed by atoms with Crippen molar-refractivity contribution in [2.45, 2.75) is 57.5 Å². The molecule has 0 spiro atoms. The second-order valence-corrected chi connectivity index (χ2v) is 7.96. The molecule has 0 heterocycles. The van der Waals surface area contributed by atoms with E-state index in [4.69, 9.17) is 11.6 Å². The molecule has 0 aliphatic heterocycles. The monoisotopic (exact) mass is 306 g/mol. The molecule has 0 amide bonds. The fourth-order valence-corrected chi connectivity index (χ4v) is 6.00. The number of hydrogen-bond donors (Lipinski definition) is 2. The summed E-state index contributed by atoms with van der Waals surface area (Å²) >= 11 is 6.46. The van der Waals surface area contributed by atoms with Crippen LogP contribution in [-0.2, 0) is 6.42 Å². The van der Waals surface area contributed by atoms with Crippen molar-refractivity contribution in [3.8, 4) is 5.75 Å². The summed E-state index contributed by atoms with van der Waals surface area (Å²) in [4.78, 5) is 0. The molecule has 2 N–H and O–H groups in total. The van der Waals surface area contributed by atoms with E-state index in [2.05, 4.69) is 6.92 Å². The molecule has 5 atom stereocenters. The van der Waals surface area contributed by atoms with Crippen molar-refractivity contribution in [1.82, 2.24) is 0 Å². The Kier molecular flexibility index (Phi) is 3.07. The Morgan fingerprint density at radius 3 is 2.81 bits per heavy atom. The van der Waals surface area contributed by atoms with E-state index in [9.17, 15) is 10.2 Å². The van der Waals surface area contributed by atoms with Crippen molar-refractivity contribution < 1.29 is 10.2 Å². The van der Waals surface area contributed by atoms with E-state index < -0.39 is 0 Å². The zero-order valence-corrected chi connectivity index (χ0v) is 13.2. The Morgan fingerprint density at radius 1 is 1.19 bits per heavy atom. The summed E-state index contributed by atoms with van der Waals surface area (Å²) in [6, 6.07) is 3.59. The SMILES string of the molecule is CC12CCC3c4c(Cl)cc(O)cc4CCC3C1CCC2O. The van der Waals surface area contributed by atoms with E-state index in [0.29, 0.717) is 17.8 Å². The van der Waals surface area contributed by atoms with Gasteiger partial charge < -0.3 is 10.2 Å². The summed E-state index contributed by atoms with van der Waals surface area (Å²) < 4.78 is 0. The first kappa shape index (κ1) is 13.9. The Morgan fingerprint density at radius 2 is 2.00 bits per heavy atom. The van der Waals surface area contributed by atoms with Crippen molar-refractivity contribution in [2.75, 3.05) is 0 Å². The molecular formula is C18H23ClO2. The number of aliphatic hydroxyl groups excluding tert-OH is 1. The number of aryl methyl sites for hydroxylation is 1. The number of aliphatic hydroxyl groups is 1. The summed E-state index contributed by atoms with van der Waals surface area (Å²) in [5.74, 6) is 2.08. The second-order valence-electron chi connectivity index (χ2n) is 7.55. The van der Waals surface area contributed by atoms with Crippen LogP contribution in [0.1, 0.15) is 56.1 Å². The van der Waals surface area contributed by atoms with Gasteiger partial charge in [-0.2, -0.15) is 0 Å². The first-order chi connectivity index (χ1) is 10.0. The van der Waals surface area contributed by atoms with Crippen LogP contribution in [0, 0.1) is 17.3 Å². The van der Waals surface area contributed by atoms with Gasteiger partial charge in [-0.25, -0.2) is 0 Å². The molecule has 114 valence electrons. The van der Waals surface area contributed by atoms with E-state index in [1.807, 2.05) is 6.07 Å². The van der Waals surface area contributed by atoms with Crippen molar-refractivity contribution in [2.24, 2.45) is 17.3 Å². The van der Waals surface area contributed by atoms with Crippen LogP contribution in [0.4, 0.5) is 0 Å². The quantitative estimate of drug-likeness (QED) is 0.752. The summed E-state index contributed by atoms with van der Waals surface area (Å²) in [5.41, 5.74) is 2.64. The molecule has 0 bridgehead atoms. The van der Waals surface area contributed by atoms with E-state index in [1.54, 1.807) is 6.07 Å². The van der Waals surface area contributed by atoms with Crippen molar-refractivity contribution >= 4 is 11.6 Å². The molecule has 0 saturated heterocycles. The van der Waals surface area contributed by atoms with Gasteiger partial charge in [0.15, 0.2) is 0 Å². The number of aromatic hydroxyl groups is 1. The second kappa shape index (κ2) is 4.63. The van der Waals surface area contributed by atoms with Crippen LogP contribution in [-0.4, -0.2) is 16.3 Å². The fraction of sp³-hybridized carbons (Fsp3) is 0.667. The van der Waals surface area contributed by atoms with Gasteiger partial charge >= 0.3 is 0 Å². The minimum absolute atomic E-state index is 0.113. The van der Waals surface area contributed by atoms with Gasteiger partial charge in [0.25, 0.3) is 0 Å². The van der Waals surface area contributed by atoms with Gasteiger partial charge in [-0.3, -0.25) is 0 Å². The predicted octanol–water partition coefficient (Wildman–Crippen LogP) is 4.26. The molecule has 2 nitrogen and oxygen atoms in total. The molecule has 3 aliphatic rings. The van der Waals surface area contributed by atoms with Crippen LogP contribution in [0.25, 0.3) is 0 Å². The summed E-state index contributed by atoms with van der Waals surface area (Å²) in [5, 5.41) is 20.9. The molecule has 3 heteroatoms. The molecule has 1 aromatic carbocycles. The van der Waals surface area contributed by atoms with Gasteiger partial charge in [0.2, 0.25) is 0 Å². The minimum Gasteiger partial charge on any atom is -0.508 e. The topological polar surface area (TPSA) is 40.5 Å². The zero-order chi connectivity index (χ0) is 14.8. The lowest BCUT2D eigenvalue weighted by Gasteiger charge is -2.50. The van der Waals surface area contributed by atoms with Gasteiger partial charge in [-0.05, 0) is 85.0 Å². The van der Waals surface area contributed by atoms with Crippen LogP contribution >= 0.6 is 11.6 Å². The highest BCUT2D eigenvalue weighted by Gasteiger charge is 2.54. The zero-order valence-electron chi connectivity index (χ0n) is 12.5. The van der Waals surface area contributed by atoms with Crippen molar-refractivity contribution in [3.63, 3.8) is 0 Å². The van der Waals surface area contributed by atoms with Crippen molar-refractivity contribution in [3.05, 3.63) is 28.3 Å². The fourth-order valence-electron chi connectivity index (χ4n) is 5.62. The maximum Gasteiger partial charge on any atom is 0.117 e. The standard InChI is InChI=1S/C18H23ClO2/c1-18-7-6-13-12(14(18)4-5-16(18)21)3-2-10-8-11(20)9-15(19)17(10)13/h8-9,12-14,16,20-21H,2-7H2,1H3. The van der Waals surface area contributed by atoms with Gasteiger partial charge in [0.1, 0.15) is 5.75 Å². The number of fused-ring (bicyclic) bond motifs is 5. The Hall–Kier alpha value is -0.730. The molecule has 1 aromatic rings. The lowest BCUT2D eigenvalue weighted by atomic mass is 9.55. The third-order valence-electron chi connectivity index (χ3n) is 6.70. The summed E-state index contributed by atoms with van der Waals surface area (Å²) in [6.45, 7) is 2.29. The Bertz CT molecular complexity index is 585. The van der Waals surface area contributed by atoms with Gasteiger partial charge in [0, 0.05) is 5.02 Å². The number of halogens is 1. The highest BCUT2D eigenvalue weighted by Crippen LogP contribution is 2.61. The molecular weight excluding hydrogens is 284 g/mol. The van der Waals surface area contributed by atoms with E-state index >= 15 is 0 Å². The largest absolute Gasteiger partial charge is 0.508 e. The number of phenols is 1. The molecule has 5 unspecified atom stereocenters. The van der Waals surface area contributed by atoms with Crippen LogP contribution in [0.5, 0.6) is 5.75 Å². The number of hydrogen-bond acceptors (Lipinski definition) is 2. The highest BCUT2D eigenvalue weighted by atomic mass is 35.5. The van der Waals surface area contributed by atoms with E-state index in [-0.39, 0.29) is 17.3 Å². The Balaban J connectivity index is 1.75. The van der Waals surface area contributed by atoms with E-state index in [1.165, 1.54) is 17.5 Å². The summed E-state index contributed by atoms with van der Waals surface area (Å²) in [7, 11) is 0. The van der Waals surface area contributed by atoms with Crippen LogP contribution < -0.4 is 0 Å². The molecule has 0 radical (unpaired) electrons. The lowest BCUT2D eigenvalue weighted by molar-refractivity contribution is -0.0226. The maximum atomic E-state index is 10.4. The highest BCUT2D eigenvalue weighted by molar-refractivity contribution is 6.31. The van der Waals surface area contributed by atoms with E-state index in [0.717, 1.165) is 37.1 Å². The van der Waals surface area contributed by atoms with Crippen molar-refractivity contribution in [1.29, 1.82) is 0 Å². The third-order valence-corrected chi connectivity index (χ3v) is 7.02. The molecule has 3 aliphatic carbocycles.